The molecule has 1 saturated heterocycles. The SMILES string of the molecule is O=C1[C@@H]2[C@H](C(=O)N1/N=C\c1ccc(-c3cc(C(F)(F)F)ccc3Cl)o1)[C@@H]1C=C[C@@H]2C12CC2. The summed E-state index contributed by atoms with van der Waals surface area (Å²) in [5.41, 5.74) is -0.655. The van der Waals surface area contributed by atoms with Crippen LogP contribution in [0.4, 0.5) is 13.2 Å². The molecule has 0 unspecified atom stereocenters. The van der Waals surface area contributed by atoms with Crippen LogP contribution >= 0.6 is 11.6 Å². The zero-order chi connectivity index (χ0) is 22.4. The van der Waals surface area contributed by atoms with Gasteiger partial charge in [-0.15, -0.1) is 0 Å². The normalized spacial score (nSPS) is 29.7. The molecule has 4 aliphatic rings. The molecule has 6 rings (SSSR count). The molecule has 2 bridgehead atoms. The first-order valence-electron chi connectivity index (χ1n) is 10.3. The summed E-state index contributed by atoms with van der Waals surface area (Å²) >= 11 is 6.06. The van der Waals surface area contributed by atoms with E-state index in [4.69, 9.17) is 16.0 Å². The minimum atomic E-state index is -4.52. The van der Waals surface area contributed by atoms with Gasteiger partial charge in [0.25, 0.3) is 11.8 Å². The number of allylic oxidation sites excluding steroid dienone is 2. The van der Waals surface area contributed by atoms with E-state index in [0.29, 0.717) is 0 Å². The summed E-state index contributed by atoms with van der Waals surface area (Å²) in [7, 11) is 0. The molecule has 1 aromatic carbocycles. The van der Waals surface area contributed by atoms with Gasteiger partial charge in [0, 0.05) is 5.56 Å². The van der Waals surface area contributed by atoms with Gasteiger partial charge in [-0.3, -0.25) is 9.59 Å². The molecular formula is C23H16ClF3N2O3. The zero-order valence-corrected chi connectivity index (χ0v) is 17.2. The van der Waals surface area contributed by atoms with E-state index in [1.165, 1.54) is 18.3 Å². The molecule has 1 aliphatic heterocycles. The summed E-state index contributed by atoms with van der Waals surface area (Å²) in [5.74, 6) is -0.789. The molecule has 9 heteroatoms. The maximum Gasteiger partial charge on any atom is 0.416 e. The molecular weight excluding hydrogens is 445 g/mol. The Balaban J connectivity index is 1.24. The Bertz CT molecular complexity index is 1190. The molecule has 2 aromatic rings. The number of furan rings is 1. The molecule has 2 heterocycles. The van der Waals surface area contributed by atoms with Gasteiger partial charge in [-0.2, -0.15) is 23.3 Å². The minimum absolute atomic E-state index is 0.0846. The quantitative estimate of drug-likeness (QED) is 0.361. The number of hydrazone groups is 1. The third-order valence-electron chi connectivity index (χ3n) is 7.32. The molecule has 4 atom stereocenters. The van der Waals surface area contributed by atoms with Gasteiger partial charge in [0.05, 0.1) is 28.6 Å². The fraction of sp³-hybridized carbons (Fsp3) is 0.348. The molecule has 1 spiro atoms. The summed E-state index contributed by atoms with van der Waals surface area (Å²) in [4.78, 5) is 25.9. The van der Waals surface area contributed by atoms with Gasteiger partial charge < -0.3 is 4.42 Å². The summed E-state index contributed by atoms with van der Waals surface area (Å²) in [6.07, 6.45) is 2.98. The second-order valence-electron chi connectivity index (χ2n) is 8.85. The summed E-state index contributed by atoms with van der Waals surface area (Å²) in [6, 6.07) is 5.92. The van der Waals surface area contributed by atoms with Gasteiger partial charge in [-0.25, -0.2) is 0 Å². The van der Waals surface area contributed by atoms with E-state index in [1.54, 1.807) is 0 Å². The molecule has 2 saturated carbocycles. The number of amides is 2. The van der Waals surface area contributed by atoms with Crippen LogP contribution in [0.3, 0.4) is 0 Å². The van der Waals surface area contributed by atoms with Gasteiger partial charge in [0.1, 0.15) is 11.5 Å². The molecule has 3 aliphatic carbocycles. The Kier molecular flexibility index (Phi) is 3.92. The number of imide groups is 1. The number of hydrogen-bond donors (Lipinski definition) is 0. The lowest BCUT2D eigenvalue weighted by molar-refractivity contribution is -0.141. The Morgan fingerprint density at radius 2 is 1.72 bits per heavy atom. The first-order chi connectivity index (χ1) is 15.2. The number of nitrogens with zero attached hydrogens (tertiary/aromatic N) is 2. The highest BCUT2D eigenvalue weighted by Crippen LogP contribution is 2.73. The van der Waals surface area contributed by atoms with Crippen molar-refractivity contribution in [3.63, 3.8) is 0 Å². The molecule has 5 nitrogen and oxygen atoms in total. The van der Waals surface area contributed by atoms with E-state index in [-0.39, 0.29) is 63.0 Å². The highest BCUT2D eigenvalue weighted by Gasteiger charge is 2.73. The lowest BCUT2D eigenvalue weighted by Crippen LogP contribution is -2.30. The zero-order valence-electron chi connectivity index (χ0n) is 16.5. The second-order valence-corrected chi connectivity index (χ2v) is 9.26. The topological polar surface area (TPSA) is 62.9 Å². The van der Waals surface area contributed by atoms with Crippen LogP contribution in [-0.4, -0.2) is 23.0 Å². The largest absolute Gasteiger partial charge is 0.455 e. The van der Waals surface area contributed by atoms with E-state index < -0.39 is 11.7 Å². The third kappa shape index (κ3) is 2.62. The minimum Gasteiger partial charge on any atom is -0.455 e. The van der Waals surface area contributed by atoms with Crippen molar-refractivity contribution in [1.29, 1.82) is 0 Å². The number of carbonyl (C=O) groups is 2. The third-order valence-corrected chi connectivity index (χ3v) is 7.65. The smallest absolute Gasteiger partial charge is 0.416 e. The van der Waals surface area contributed by atoms with Gasteiger partial charge in [0.2, 0.25) is 0 Å². The number of hydrogen-bond acceptors (Lipinski definition) is 4. The van der Waals surface area contributed by atoms with Crippen LogP contribution < -0.4 is 0 Å². The molecule has 2 amide bonds. The summed E-state index contributed by atoms with van der Waals surface area (Å²) in [6.45, 7) is 0. The Morgan fingerprint density at radius 1 is 1.06 bits per heavy atom. The van der Waals surface area contributed by atoms with Crippen molar-refractivity contribution in [2.45, 2.75) is 19.0 Å². The Hall–Kier alpha value is -2.87. The van der Waals surface area contributed by atoms with Crippen molar-refractivity contribution < 1.29 is 27.2 Å². The lowest BCUT2D eigenvalue weighted by Gasteiger charge is -2.18. The highest BCUT2D eigenvalue weighted by molar-refractivity contribution is 6.33. The van der Waals surface area contributed by atoms with Crippen LogP contribution in [0.5, 0.6) is 0 Å². The van der Waals surface area contributed by atoms with Crippen molar-refractivity contribution >= 4 is 29.6 Å². The fourth-order valence-electron chi connectivity index (χ4n) is 5.75. The Morgan fingerprint density at radius 3 is 2.31 bits per heavy atom. The predicted octanol–water partition coefficient (Wildman–Crippen LogP) is 5.15. The predicted molar refractivity (Wildman–Crippen MR) is 108 cm³/mol. The van der Waals surface area contributed by atoms with Gasteiger partial charge in [0.15, 0.2) is 0 Å². The number of alkyl halides is 3. The number of halogens is 4. The van der Waals surface area contributed by atoms with Crippen molar-refractivity contribution in [3.05, 3.63) is 58.8 Å². The van der Waals surface area contributed by atoms with Crippen LogP contribution in [0.1, 0.15) is 24.2 Å². The first kappa shape index (κ1) is 19.8. The molecule has 0 N–H and O–H groups in total. The first-order valence-corrected chi connectivity index (χ1v) is 10.7. The van der Waals surface area contributed by atoms with E-state index in [1.807, 2.05) is 0 Å². The molecule has 1 aromatic heterocycles. The van der Waals surface area contributed by atoms with Gasteiger partial charge >= 0.3 is 6.18 Å². The van der Waals surface area contributed by atoms with Crippen LogP contribution in [0.25, 0.3) is 11.3 Å². The molecule has 32 heavy (non-hydrogen) atoms. The summed E-state index contributed by atoms with van der Waals surface area (Å²) in [5, 5.41) is 5.08. The van der Waals surface area contributed by atoms with Crippen molar-refractivity contribution in [3.8, 4) is 11.3 Å². The Labute approximate surface area is 185 Å². The fourth-order valence-corrected chi connectivity index (χ4v) is 5.96. The maximum absolute atomic E-state index is 13.0. The van der Waals surface area contributed by atoms with E-state index in [9.17, 15) is 22.8 Å². The molecule has 0 radical (unpaired) electrons. The highest BCUT2D eigenvalue weighted by atomic mass is 35.5. The maximum atomic E-state index is 13.0. The van der Waals surface area contributed by atoms with Crippen molar-refractivity contribution in [1.82, 2.24) is 5.01 Å². The molecule has 3 fully saturated rings. The van der Waals surface area contributed by atoms with Gasteiger partial charge in [-0.05, 0) is 60.4 Å². The monoisotopic (exact) mass is 460 g/mol. The standard InChI is InChI=1S/C23H16ClF3N2O3/c24-16-5-1-11(23(25,26)27)9-13(16)17-6-2-12(32-17)10-28-29-20(30)18-14-3-4-15(19(18)21(29)31)22(14)7-8-22/h1-6,9-10,14-15,18-19H,7-8H2/b28-10-/t14-,15-,18-,19+/m0/s1. The number of benzene rings is 1. The molecule has 164 valence electrons. The van der Waals surface area contributed by atoms with E-state index in [0.717, 1.165) is 36.0 Å². The average Bonchev–Trinajstić information content (AvgIpc) is 3.03. The van der Waals surface area contributed by atoms with E-state index in [2.05, 4.69) is 17.3 Å². The van der Waals surface area contributed by atoms with Crippen LogP contribution in [0.15, 0.2) is 52.0 Å². The summed E-state index contributed by atoms with van der Waals surface area (Å²) < 4.78 is 44.7. The van der Waals surface area contributed by atoms with Crippen LogP contribution in [-0.2, 0) is 15.8 Å². The number of rotatable bonds is 3. The van der Waals surface area contributed by atoms with Crippen LogP contribution in [0.2, 0.25) is 5.02 Å². The van der Waals surface area contributed by atoms with E-state index >= 15 is 0 Å². The number of fused-ring (bicyclic) bond motifs is 3. The lowest BCUT2D eigenvalue weighted by atomic mass is 9.85. The van der Waals surface area contributed by atoms with Crippen LogP contribution in [0, 0.1) is 29.1 Å². The second kappa shape index (κ2) is 6.34. The average molecular weight is 461 g/mol. The van der Waals surface area contributed by atoms with Gasteiger partial charge in [-0.1, -0.05) is 23.8 Å². The van der Waals surface area contributed by atoms with Crippen molar-refractivity contribution in [2.75, 3.05) is 0 Å². The number of carbonyl (C=O) groups excluding carboxylic acids is 2. The van der Waals surface area contributed by atoms with Crippen molar-refractivity contribution in [2.24, 2.45) is 34.2 Å².